The molecule has 0 spiro atoms. The van der Waals surface area contributed by atoms with E-state index >= 15 is 0 Å². The first-order valence-corrected chi connectivity index (χ1v) is 13.2. The van der Waals surface area contributed by atoms with Crippen LogP contribution in [0.15, 0.2) is 0 Å². The summed E-state index contributed by atoms with van der Waals surface area (Å²) in [4.78, 5) is 27.7. The lowest BCUT2D eigenvalue weighted by Gasteiger charge is -2.79. The van der Waals surface area contributed by atoms with Crippen molar-refractivity contribution in [1.29, 1.82) is 0 Å². The van der Waals surface area contributed by atoms with Crippen LogP contribution in [0.4, 0.5) is 0 Å². The van der Waals surface area contributed by atoms with Crippen LogP contribution in [0, 0.1) is 33.5 Å². The van der Waals surface area contributed by atoms with E-state index in [-0.39, 0.29) is 13.2 Å². The van der Waals surface area contributed by atoms with Crippen LogP contribution < -0.4 is 0 Å². The number of rotatable bonds is 4. The second-order valence-corrected chi connectivity index (χ2v) is 14.4. The number of esters is 2. The molecule has 4 heterocycles. The van der Waals surface area contributed by atoms with Crippen molar-refractivity contribution in [3.63, 3.8) is 0 Å². The van der Waals surface area contributed by atoms with Crippen molar-refractivity contribution in [3.8, 4) is 0 Å². The van der Waals surface area contributed by atoms with Crippen LogP contribution in [0.1, 0.15) is 96.9 Å². The minimum absolute atomic E-state index is 0.177. The monoisotopic (exact) mass is 512 g/mol. The van der Waals surface area contributed by atoms with Crippen LogP contribution in [-0.4, -0.2) is 48.3 Å². The van der Waals surface area contributed by atoms with Gasteiger partial charge in [0.05, 0.1) is 13.2 Å². The van der Waals surface area contributed by atoms with E-state index in [9.17, 15) is 9.59 Å². The van der Waals surface area contributed by atoms with Crippen molar-refractivity contribution in [2.24, 2.45) is 33.5 Å². The summed E-state index contributed by atoms with van der Waals surface area (Å²) in [7, 11) is 0. The van der Waals surface area contributed by atoms with Crippen molar-refractivity contribution in [2.45, 2.75) is 120 Å². The summed E-state index contributed by atoms with van der Waals surface area (Å²) in [5.41, 5.74) is -3.00. The Labute approximate surface area is 217 Å². The van der Waals surface area contributed by atoms with Gasteiger partial charge in [-0.15, -0.1) is 0 Å². The Morgan fingerprint density at radius 2 is 0.722 bits per heavy atom. The molecule has 0 atom stereocenters. The van der Waals surface area contributed by atoms with Crippen LogP contribution in [0.2, 0.25) is 0 Å². The third kappa shape index (κ3) is 3.53. The minimum Gasteiger partial charge on any atom is -0.465 e. The topological polar surface area (TPSA) is 89.5 Å². The Hall–Kier alpha value is -1.22. The fourth-order valence-corrected chi connectivity index (χ4v) is 5.98. The third-order valence-electron chi connectivity index (χ3n) is 7.96. The van der Waals surface area contributed by atoms with Gasteiger partial charge in [-0.2, -0.15) is 0 Å². The highest BCUT2D eigenvalue weighted by atomic mass is 16.9. The normalized spacial score (nSPS) is 38.7. The van der Waals surface area contributed by atoms with Gasteiger partial charge < -0.3 is 28.4 Å². The van der Waals surface area contributed by atoms with Gasteiger partial charge in [0.15, 0.2) is 35.0 Å². The molecule has 8 heteroatoms. The summed E-state index contributed by atoms with van der Waals surface area (Å²) >= 11 is 0. The third-order valence-corrected chi connectivity index (χ3v) is 7.96. The van der Waals surface area contributed by atoms with E-state index in [1.54, 1.807) is 13.8 Å². The molecule has 0 unspecified atom stereocenters. The highest BCUT2D eigenvalue weighted by Crippen LogP contribution is 2.75. The van der Waals surface area contributed by atoms with E-state index in [0.29, 0.717) is 0 Å². The Balaban J connectivity index is 2.55. The Morgan fingerprint density at radius 1 is 0.528 bits per heavy atom. The van der Waals surface area contributed by atoms with Crippen molar-refractivity contribution < 1.29 is 38.0 Å². The summed E-state index contributed by atoms with van der Waals surface area (Å²) in [6.45, 7) is 27.5. The summed E-state index contributed by atoms with van der Waals surface area (Å²) in [5.74, 6) is -9.36. The number of carbonyl (C=O) groups is 2. The molecule has 0 saturated carbocycles. The van der Waals surface area contributed by atoms with Gasteiger partial charge in [-0.05, 0) is 13.8 Å². The average Bonchev–Trinajstić information content (AvgIpc) is 2.64. The molecule has 4 fully saturated rings. The van der Waals surface area contributed by atoms with Crippen molar-refractivity contribution >= 4 is 11.9 Å². The standard InChI is InChI=1S/C28H48O8/c1-15-31-19(29)17-25(21(3,4)5)33-27(23(9,10)11)18(20(30)32-16-2)28(34-25,24(12,13)14)36-26(17,35-27)22(6,7)8/h17-18H,15-16H2,1-14H3. The number of hydrogen-bond donors (Lipinski definition) is 0. The van der Waals surface area contributed by atoms with Gasteiger partial charge in [0.25, 0.3) is 0 Å². The van der Waals surface area contributed by atoms with Crippen LogP contribution in [0.25, 0.3) is 0 Å². The first-order valence-electron chi connectivity index (χ1n) is 13.2. The molecule has 0 aliphatic carbocycles. The average molecular weight is 513 g/mol. The highest BCUT2D eigenvalue weighted by molar-refractivity contribution is 5.79. The molecule has 4 saturated heterocycles. The lowest BCUT2D eigenvalue weighted by atomic mass is 9.57. The van der Waals surface area contributed by atoms with Crippen LogP contribution in [-0.2, 0) is 38.0 Å². The summed E-state index contributed by atoms with van der Waals surface area (Å²) < 4.78 is 39.2. The Kier molecular flexibility index (Phi) is 6.63. The maximum absolute atomic E-state index is 13.8. The number of hydrogen-bond acceptors (Lipinski definition) is 8. The molecule has 208 valence electrons. The molecule has 0 aromatic rings. The van der Waals surface area contributed by atoms with E-state index in [4.69, 9.17) is 28.4 Å². The van der Waals surface area contributed by atoms with Crippen LogP contribution in [0.3, 0.4) is 0 Å². The predicted octanol–water partition coefficient (Wildman–Crippen LogP) is 5.42. The van der Waals surface area contributed by atoms with Gasteiger partial charge in [0, 0.05) is 21.7 Å². The molecule has 0 aromatic carbocycles. The zero-order chi connectivity index (χ0) is 28.0. The maximum Gasteiger partial charge on any atom is 0.320 e. The SMILES string of the molecule is CCOC(=O)C1C2(C(C)(C)C)OC3(C(C)(C)C)OC1(C(C)(C)C)OC(C(C)(C)C)(O2)C3C(=O)OCC. The van der Waals surface area contributed by atoms with Gasteiger partial charge in [0.2, 0.25) is 0 Å². The molecule has 0 aromatic heterocycles. The Morgan fingerprint density at radius 3 is 0.861 bits per heavy atom. The van der Waals surface area contributed by atoms with Crippen molar-refractivity contribution in [3.05, 3.63) is 0 Å². The molecule has 4 bridgehead atoms. The second-order valence-electron chi connectivity index (χ2n) is 14.4. The quantitative estimate of drug-likeness (QED) is 0.461. The Bertz CT molecular complexity index is 754. The van der Waals surface area contributed by atoms with Gasteiger partial charge in [-0.3, -0.25) is 9.59 Å². The van der Waals surface area contributed by atoms with E-state index in [1.165, 1.54) is 0 Å². The smallest absolute Gasteiger partial charge is 0.320 e. The molecule has 0 amide bonds. The zero-order valence-electron chi connectivity index (χ0n) is 24.8. The van der Waals surface area contributed by atoms with E-state index in [2.05, 4.69) is 0 Å². The van der Waals surface area contributed by atoms with E-state index in [0.717, 1.165) is 0 Å². The van der Waals surface area contributed by atoms with E-state index < -0.39 is 68.6 Å². The number of ether oxygens (including phenoxy) is 6. The number of carbonyl (C=O) groups excluding carboxylic acids is 2. The van der Waals surface area contributed by atoms with Gasteiger partial charge in [-0.25, -0.2) is 0 Å². The first-order chi connectivity index (χ1) is 16.0. The van der Waals surface area contributed by atoms with Crippen molar-refractivity contribution in [1.82, 2.24) is 0 Å². The van der Waals surface area contributed by atoms with Crippen LogP contribution in [0.5, 0.6) is 0 Å². The molecule has 8 nitrogen and oxygen atoms in total. The summed E-state index contributed by atoms with van der Waals surface area (Å²) in [6.07, 6.45) is 0. The second kappa shape index (κ2) is 8.14. The molecular weight excluding hydrogens is 464 g/mol. The van der Waals surface area contributed by atoms with E-state index in [1.807, 2.05) is 83.1 Å². The molecule has 4 aliphatic rings. The fourth-order valence-electron chi connectivity index (χ4n) is 5.98. The van der Waals surface area contributed by atoms with Gasteiger partial charge in [0.1, 0.15) is 0 Å². The molecular formula is C28H48O8. The molecule has 4 aliphatic heterocycles. The highest BCUT2D eigenvalue weighted by Gasteiger charge is 2.90. The first kappa shape index (κ1) is 29.3. The summed E-state index contributed by atoms with van der Waals surface area (Å²) in [5, 5.41) is 0. The molecule has 0 N–H and O–H groups in total. The van der Waals surface area contributed by atoms with Gasteiger partial charge >= 0.3 is 11.9 Å². The molecule has 4 rings (SSSR count). The maximum atomic E-state index is 13.8. The van der Waals surface area contributed by atoms with Crippen LogP contribution >= 0.6 is 0 Å². The molecule has 36 heavy (non-hydrogen) atoms. The zero-order valence-corrected chi connectivity index (χ0v) is 24.8. The van der Waals surface area contributed by atoms with Crippen molar-refractivity contribution in [2.75, 3.05) is 13.2 Å². The largest absolute Gasteiger partial charge is 0.465 e. The lowest BCUT2D eigenvalue weighted by molar-refractivity contribution is -0.682. The fraction of sp³-hybridized carbons (Fsp3) is 0.929. The van der Waals surface area contributed by atoms with Gasteiger partial charge in [-0.1, -0.05) is 83.1 Å². The predicted molar refractivity (Wildman–Crippen MR) is 133 cm³/mol. The molecule has 0 radical (unpaired) electrons. The minimum atomic E-state index is -1.54. The lowest BCUT2D eigenvalue weighted by Crippen LogP contribution is -2.93. The summed E-state index contributed by atoms with van der Waals surface area (Å²) in [6, 6.07) is 0.